The van der Waals surface area contributed by atoms with Gasteiger partial charge in [-0.25, -0.2) is 0 Å². The molecule has 2 rings (SSSR count). The number of hydrogen-bond acceptors (Lipinski definition) is 5. The van der Waals surface area contributed by atoms with E-state index >= 15 is 0 Å². The Morgan fingerprint density at radius 3 is 2.60 bits per heavy atom. The smallest absolute Gasteiger partial charge is 0.116 e. The third kappa shape index (κ3) is 1.48. The lowest BCUT2D eigenvalue weighted by Gasteiger charge is -1.94. The number of nitrogen functional groups attached to an aromatic ring is 1. The summed E-state index contributed by atoms with van der Waals surface area (Å²) >= 11 is 2.66. The van der Waals surface area contributed by atoms with Crippen molar-refractivity contribution >= 4 is 27.7 Å². The Hall–Kier alpha value is -1.82. The second-order valence-corrected chi connectivity index (χ2v) is 4.75. The predicted octanol–water partition coefficient (Wildman–Crippen LogP) is 2.80. The Morgan fingerprint density at radius 1 is 1.27 bits per heavy atom. The standard InChI is InChI=1S/C10H5N3S2/c11-4-6-9(7-2-1-3-14-7)8(5-12)15-10(6)13/h1-3H,13H2. The van der Waals surface area contributed by atoms with Crippen molar-refractivity contribution in [3.05, 3.63) is 28.0 Å². The minimum Gasteiger partial charge on any atom is -0.389 e. The first-order chi connectivity index (χ1) is 7.27. The molecule has 2 aromatic rings. The molecule has 15 heavy (non-hydrogen) atoms. The quantitative estimate of drug-likeness (QED) is 0.820. The average Bonchev–Trinajstić information content (AvgIpc) is 2.83. The van der Waals surface area contributed by atoms with E-state index in [1.54, 1.807) is 0 Å². The molecule has 0 bridgehead atoms. The molecule has 0 aromatic carbocycles. The van der Waals surface area contributed by atoms with E-state index in [1.807, 2.05) is 23.6 Å². The molecule has 0 aliphatic rings. The summed E-state index contributed by atoms with van der Waals surface area (Å²) in [5.41, 5.74) is 6.78. The lowest BCUT2D eigenvalue weighted by Crippen LogP contribution is -1.84. The lowest BCUT2D eigenvalue weighted by atomic mass is 10.1. The Labute approximate surface area is 94.6 Å². The third-order valence-electron chi connectivity index (χ3n) is 1.92. The van der Waals surface area contributed by atoms with Crippen molar-refractivity contribution in [2.24, 2.45) is 0 Å². The summed E-state index contributed by atoms with van der Waals surface area (Å²) < 4.78 is 0. The van der Waals surface area contributed by atoms with Gasteiger partial charge in [0.2, 0.25) is 0 Å². The van der Waals surface area contributed by atoms with Crippen LogP contribution in [0.1, 0.15) is 10.4 Å². The van der Waals surface area contributed by atoms with Crippen LogP contribution < -0.4 is 5.73 Å². The van der Waals surface area contributed by atoms with E-state index in [-0.39, 0.29) is 0 Å². The number of nitriles is 2. The van der Waals surface area contributed by atoms with Crippen LogP contribution in [0.2, 0.25) is 0 Å². The van der Waals surface area contributed by atoms with Gasteiger partial charge in [0.1, 0.15) is 22.0 Å². The summed E-state index contributed by atoms with van der Waals surface area (Å²) in [6.45, 7) is 0. The van der Waals surface area contributed by atoms with E-state index in [0.717, 1.165) is 16.2 Å². The molecular weight excluding hydrogens is 226 g/mol. The first-order valence-corrected chi connectivity index (χ1v) is 5.74. The highest BCUT2D eigenvalue weighted by atomic mass is 32.1. The molecule has 0 spiro atoms. The Bertz CT molecular complexity index is 567. The largest absolute Gasteiger partial charge is 0.389 e. The number of hydrogen-bond donors (Lipinski definition) is 1. The van der Waals surface area contributed by atoms with Crippen LogP contribution in [0.3, 0.4) is 0 Å². The van der Waals surface area contributed by atoms with Crippen molar-refractivity contribution in [1.29, 1.82) is 10.5 Å². The van der Waals surface area contributed by atoms with Crippen molar-refractivity contribution in [2.75, 3.05) is 5.73 Å². The molecule has 0 amide bonds. The summed E-state index contributed by atoms with van der Waals surface area (Å²) in [4.78, 5) is 1.42. The van der Waals surface area contributed by atoms with Gasteiger partial charge in [-0.1, -0.05) is 6.07 Å². The molecule has 0 saturated heterocycles. The number of nitrogens with zero attached hydrogens (tertiary/aromatic N) is 2. The molecule has 72 valence electrons. The normalized spacial score (nSPS) is 9.47. The van der Waals surface area contributed by atoms with Gasteiger partial charge in [0.05, 0.1) is 5.56 Å². The summed E-state index contributed by atoms with van der Waals surface area (Å²) in [5, 5.41) is 20.3. The molecule has 2 N–H and O–H groups in total. The zero-order valence-electron chi connectivity index (χ0n) is 7.52. The van der Waals surface area contributed by atoms with Crippen LogP contribution in [0.5, 0.6) is 0 Å². The van der Waals surface area contributed by atoms with Crippen LogP contribution in [0, 0.1) is 22.7 Å². The fraction of sp³-hybridized carbons (Fsp3) is 0. The number of thiophene rings is 2. The average molecular weight is 231 g/mol. The van der Waals surface area contributed by atoms with E-state index < -0.39 is 0 Å². The number of rotatable bonds is 1. The van der Waals surface area contributed by atoms with Crippen LogP contribution in [-0.4, -0.2) is 0 Å². The minimum atomic E-state index is 0.414. The topological polar surface area (TPSA) is 73.6 Å². The summed E-state index contributed by atoms with van der Waals surface area (Å²) in [6.07, 6.45) is 0. The number of nitrogens with two attached hydrogens (primary N) is 1. The molecule has 0 aliphatic carbocycles. The zero-order valence-corrected chi connectivity index (χ0v) is 9.15. The fourth-order valence-electron chi connectivity index (χ4n) is 1.29. The molecule has 0 atom stereocenters. The van der Waals surface area contributed by atoms with E-state index in [1.165, 1.54) is 11.3 Å². The van der Waals surface area contributed by atoms with E-state index in [9.17, 15) is 0 Å². The molecule has 0 fully saturated rings. The van der Waals surface area contributed by atoms with Crippen molar-refractivity contribution in [3.63, 3.8) is 0 Å². The Balaban J connectivity index is 2.76. The second kappa shape index (κ2) is 3.74. The zero-order chi connectivity index (χ0) is 10.8. The van der Waals surface area contributed by atoms with Gasteiger partial charge in [0.15, 0.2) is 0 Å². The van der Waals surface area contributed by atoms with E-state index in [0.29, 0.717) is 21.0 Å². The van der Waals surface area contributed by atoms with Gasteiger partial charge in [-0.05, 0) is 11.4 Å². The van der Waals surface area contributed by atoms with Crippen molar-refractivity contribution in [3.8, 4) is 22.6 Å². The lowest BCUT2D eigenvalue weighted by molar-refractivity contribution is 1.50. The van der Waals surface area contributed by atoms with Crippen molar-refractivity contribution in [2.45, 2.75) is 0 Å². The highest BCUT2D eigenvalue weighted by molar-refractivity contribution is 7.18. The summed E-state index contributed by atoms with van der Waals surface area (Å²) in [6, 6.07) is 7.89. The molecule has 5 heteroatoms. The Morgan fingerprint density at radius 2 is 2.07 bits per heavy atom. The molecule has 0 aliphatic heterocycles. The van der Waals surface area contributed by atoms with Gasteiger partial charge < -0.3 is 5.73 Å². The maximum atomic E-state index is 8.98. The van der Waals surface area contributed by atoms with Crippen LogP contribution in [0.25, 0.3) is 10.4 Å². The van der Waals surface area contributed by atoms with E-state index in [2.05, 4.69) is 6.07 Å². The monoisotopic (exact) mass is 231 g/mol. The van der Waals surface area contributed by atoms with Crippen LogP contribution in [0.15, 0.2) is 17.5 Å². The van der Waals surface area contributed by atoms with Crippen LogP contribution in [0.4, 0.5) is 5.00 Å². The maximum absolute atomic E-state index is 8.98. The van der Waals surface area contributed by atoms with Gasteiger partial charge in [-0.3, -0.25) is 0 Å². The minimum absolute atomic E-state index is 0.414. The van der Waals surface area contributed by atoms with Gasteiger partial charge in [0.25, 0.3) is 0 Å². The first kappa shape index (κ1) is 9.72. The van der Waals surface area contributed by atoms with Crippen molar-refractivity contribution in [1.82, 2.24) is 0 Å². The van der Waals surface area contributed by atoms with Gasteiger partial charge in [0, 0.05) is 10.4 Å². The molecule has 0 radical (unpaired) electrons. The molecule has 0 saturated carbocycles. The third-order valence-corrected chi connectivity index (χ3v) is 3.73. The van der Waals surface area contributed by atoms with Gasteiger partial charge in [-0.2, -0.15) is 10.5 Å². The van der Waals surface area contributed by atoms with Gasteiger partial charge in [-0.15, -0.1) is 22.7 Å². The summed E-state index contributed by atoms with van der Waals surface area (Å²) in [7, 11) is 0. The highest BCUT2D eigenvalue weighted by Crippen LogP contribution is 2.39. The molecule has 0 unspecified atom stereocenters. The summed E-state index contributed by atoms with van der Waals surface area (Å²) in [5.74, 6) is 0. The maximum Gasteiger partial charge on any atom is 0.116 e. The number of anilines is 1. The SMILES string of the molecule is N#Cc1sc(N)c(C#N)c1-c1cccs1. The highest BCUT2D eigenvalue weighted by Gasteiger charge is 2.18. The van der Waals surface area contributed by atoms with Crippen LogP contribution >= 0.6 is 22.7 Å². The fourth-order valence-corrected chi connectivity index (χ4v) is 2.97. The predicted molar refractivity (Wildman–Crippen MR) is 61.5 cm³/mol. The van der Waals surface area contributed by atoms with Gasteiger partial charge >= 0.3 is 0 Å². The molecule has 2 heterocycles. The van der Waals surface area contributed by atoms with Crippen LogP contribution in [-0.2, 0) is 0 Å². The first-order valence-electron chi connectivity index (χ1n) is 4.04. The molecule has 2 aromatic heterocycles. The second-order valence-electron chi connectivity index (χ2n) is 2.75. The van der Waals surface area contributed by atoms with Crippen molar-refractivity contribution < 1.29 is 0 Å². The Kier molecular flexibility index (Phi) is 2.42. The molecular formula is C10H5N3S2. The van der Waals surface area contributed by atoms with E-state index in [4.69, 9.17) is 16.3 Å². The molecule has 3 nitrogen and oxygen atoms in total.